The van der Waals surface area contributed by atoms with Gasteiger partial charge in [0, 0.05) is 13.0 Å². The number of benzene rings is 1. The predicted octanol–water partition coefficient (Wildman–Crippen LogP) is 1.63. The van der Waals surface area contributed by atoms with Gasteiger partial charge in [-0.15, -0.1) is 5.12 Å². The van der Waals surface area contributed by atoms with Crippen molar-refractivity contribution in [3.8, 4) is 5.75 Å². The quantitative estimate of drug-likeness (QED) is 0.649. The molecule has 0 aliphatic carbocycles. The average Bonchev–Trinajstić information content (AvgIpc) is 2.03. The van der Waals surface area contributed by atoms with Gasteiger partial charge in [0.2, 0.25) is 0 Å². The van der Waals surface area contributed by atoms with Gasteiger partial charge in [-0.1, -0.05) is 10.5 Å². The molecular formula is C8H8FNO2. The Labute approximate surface area is 69.0 Å². The second-order valence-corrected chi connectivity index (χ2v) is 2.32. The van der Waals surface area contributed by atoms with Gasteiger partial charge in [0.15, 0.2) is 0 Å². The minimum Gasteiger partial charge on any atom is -0.508 e. The third kappa shape index (κ3) is 1.72. The highest BCUT2D eigenvalue weighted by molar-refractivity contribution is 5.89. The van der Waals surface area contributed by atoms with Crippen LogP contribution >= 0.6 is 0 Å². The van der Waals surface area contributed by atoms with E-state index < -0.39 is 5.91 Å². The van der Waals surface area contributed by atoms with Crippen LogP contribution in [0.1, 0.15) is 6.92 Å². The van der Waals surface area contributed by atoms with Crippen molar-refractivity contribution in [3.63, 3.8) is 0 Å². The van der Waals surface area contributed by atoms with Crippen LogP contribution in [0, 0.1) is 0 Å². The lowest BCUT2D eigenvalue weighted by atomic mass is 10.3. The van der Waals surface area contributed by atoms with Gasteiger partial charge in [-0.3, -0.25) is 4.79 Å². The molecule has 12 heavy (non-hydrogen) atoms. The number of carbonyl (C=O) groups is 1. The molecule has 0 aliphatic rings. The number of hydrogen-bond acceptors (Lipinski definition) is 2. The van der Waals surface area contributed by atoms with E-state index in [1.54, 1.807) is 0 Å². The number of aromatic hydroxyl groups is 1. The first-order chi connectivity index (χ1) is 5.61. The van der Waals surface area contributed by atoms with Crippen LogP contribution in [0.3, 0.4) is 0 Å². The minimum absolute atomic E-state index is 0.0281. The highest BCUT2D eigenvalue weighted by Crippen LogP contribution is 2.20. The van der Waals surface area contributed by atoms with Gasteiger partial charge >= 0.3 is 0 Å². The van der Waals surface area contributed by atoms with Crippen LogP contribution in [-0.2, 0) is 4.79 Å². The Morgan fingerprint density at radius 3 is 2.75 bits per heavy atom. The highest BCUT2D eigenvalue weighted by Gasteiger charge is 2.09. The zero-order valence-electron chi connectivity index (χ0n) is 6.49. The summed E-state index contributed by atoms with van der Waals surface area (Å²) in [5.74, 6) is -0.794. The van der Waals surface area contributed by atoms with Crippen LogP contribution in [-0.4, -0.2) is 11.0 Å². The summed E-state index contributed by atoms with van der Waals surface area (Å²) in [6.45, 7) is 1.10. The van der Waals surface area contributed by atoms with Gasteiger partial charge in [-0.25, -0.2) is 0 Å². The van der Waals surface area contributed by atoms with Crippen molar-refractivity contribution in [2.75, 3.05) is 5.12 Å². The van der Waals surface area contributed by atoms with E-state index in [1.165, 1.54) is 24.3 Å². The van der Waals surface area contributed by atoms with Crippen molar-refractivity contribution in [3.05, 3.63) is 24.3 Å². The van der Waals surface area contributed by atoms with Crippen molar-refractivity contribution in [1.82, 2.24) is 0 Å². The third-order valence-corrected chi connectivity index (χ3v) is 1.33. The number of anilines is 1. The maximum atomic E-state index is 12.8. The van der Waals surface area contributed by atoms with Crippen molar-refractivity contribution >= 4 is 11.6 Å². The second kappa shape index (κ2) is 3.21. The van der Waals surface area contributed by atoms with E-state index in [0.717, 1.165) is 6.92 Å². The maximum absolute atomic E-state index is 12.8. The molecule has 64 valence electrons. The molecule has 1 aromatic carbocycles. The number of amides is 1. The van der Waals surface area contributed by atoms with E-state index in [-0.39, 0.29) is 16.6 Å². The van der Waals surface area contributed by atoms with Crippen LogP contribution in [0.4, 0.5) is 10.2 Å². The molecule has 0 radical (unpaired) electrons. The van der Waals surface area contributed by atoms with Crippen molar-refractivity contribution in [2.24, 2.45) is 0 Å². The van der Waals surface area contributed by atoms with Gasteiger partial charge in [0.05, 0.1) is 5.69 Å². The van der Waals surface area contributed by atoms with Crippen LogP contribution in [0.5, 0.6) is 5.75 Å². The fraction of sp³-hybridized carbons (Fsp3) is 0.125. The third-order valence-electron chi connectivity index (χ3n) is 1.33. The molecule has 0 saturated carbocycles. The first-order valence-corrected chi connectivity index (χ1v) is 3.37. The Morgan fingerprint density at radius 2 is 2.25 bits per heavy atom. The molecule has 1 rings (SSSR count). The molecule has 1 N–H and O–H groups in total. The zero-order chi connectivity index (χ0) is 9.14. The van der Waals surface area contributed by atoms with Gasteiger partial charge in [-0.2, -0.15) is 0 Å². The summed E-state index contributed by atoms with van der Waals surface area (Å²) >= 11 is 0. The molecule has 4 heteroatoms. The summed E-state index contributed by atoms with van der Waals surface area (Å²) in [6, 6.07) is 5.42. The lowest BCUT2D eigenvalue weighted by Crippen LogP contribution is -2.17. The summed E-state index contributed by atoms with van der Waals surface area (Å²) in [4.78, 5) is 10.5. The Hall–Kier alpha value is -1.58. The van der Waals surface area contributed by atoms with E-state index in [4.69, 9.17) is 5.11 Å². The molecular weight excluding hydrogens is 161 g/mol. The number of halogens is 1. The molecule has 0 unspecified atom stereocenters. The molecule has 0 spiro atoms. The van der Waals surface area contributed by atoms with Gasteiger partial charge in [-0.05, 0) is 12.1 Å². The normalized spacial score (nSPS) is 9.50. The molecule has 0 heterocycles. The average molecular weight is 169 g/mol. The molecule has 3 nitrogen and oxygen atoms in total. The van der Waals surface area contributed by atoms with Crippen molar-refractivity contribution in [2.45, 2.75) is 6.92 Å². The summed E-state index contributed by atoms with van der Waals surface area (Å²) in [5, 5.41) is 8.91. The van der Waals surface area contributed by atoms with Gasteiger partial charge in [0.1, 0.15) is 5.75 Å². The summed E-state index contributed by atoms with van der Waals surface area (Å²) < 4.78 is 12.8. The largest absolute Gasteiger partial charge is 0.508 e. The molecule has 0 bridgehead atoms. The van der Waals surface area contributed by atoms with E-state index in [2.05, 4.69) is 0 Å². The SMILES string of the molecule is CC(=O)N(F)c1cccc(O)c1. The van der Waals surface area contributed by atoms with Gasteiger partial charge < -0.3 is 5.11 Å². The van der Waals surface area contributed by atoms with Crippen molar-refractivity contribution in [1.29, 1.82) is 0 Å². The molecule has 1 aromatic rings. The lowest BCUT2D eigenvalue weighted by Gasteiger charge is -2.08. The first-order valence-electron chi connectivity index (χ1n) is 3.37. The number of hydrogen-bond donors (Lipinski definition) is 1. The number of phenolic OH excluding ortho intramolecular Hbond substituents is 1. The van der Waals surface area contributed by atoms with E-state index in [1.807, 2.05) is 0 Å². The van der Waals surface area contributed by atoms with Crippen LogP contribution < -0.4 is 5.12 Å². The summed E-state index contributed by atoms with van der Waals surface area (Å²) in [7, 11) is 0. The number of carbonyl (C=O) groups excluding carboxylic acids is 1. The Kier molecular flexibility index (Phi) is 2.28. The molecule has 1 amide bonds. The Bertz CT molecular complexity index is 301. The van der Waals surface area contributed by atoms with E-state index >= 15 is 0 Å². The highest BCUT2D eigenvalue weighted by atomic mass is 19.2. The molecule has 0 aromatic heterocycles. The first kappa shape index (κ1) is 8.52. The number of phenols is 1. The van der Waals surface area contributed by atoms with Crippen molar-refractivity contribution < 1.29 is 14.4 Å². The lowest BCUT2D eigenvalue weighted by molar-refractivity contribution is -0.119. The zero-order valence-corrected chi connectivity index (χ0v) is 6.49. The van der Waals surface area contributed by atoms with E-state index in [0.29, 0.717) is 0 Å². The van der Waals surface area contributed by atoms with Gasteiger partial charge in [0.25, 0.3) is 5.91 Å². The smallest absolute Gasteiger partial charge is 0.251 e. The summed E-state index contributed by atoms with van der Waals surface area (Å²) in [6.07, 6.45) is 0. The Morgan fingerprint density at radius 1 is 1.58 bits per heavy atom. The topological polar surface area (TPSA) is 40.5 Å². The molecule has 0 fully saturated rings. The fourth-order valence-corrected chi connectivity index (χ4v) is 0.797. The molecule has 0 aliphatic heterocycles. The minimum atomic E-state index is -0.722. The fourth-order valence-electron chi connectivity index (χ4n) is 0.797. The summed E-state index contributed by atoms with van der Waals surface area (Å²) in [5.41, 5.74) is 0.0301. The van der Waals surface area contributed by atoms with E-state index in [9.17, 15) is 9.28 Å². The monoisotopic (exact) mass is 169 g/mol. The maximum Gasteiger partial charge on any atom is 0.251 e. The second-order valence-electron chi connectivity index (χ2n) is 2.32. The van der Waals surface area contributed by atoms with Crippen LogP contribution in [0.25, 0.3) is 0 Å². The predicted molar refractivity (Wildman–Crippen MR) is 42.4 cm³/mol. The number of rotatable bonds is 1. The molecule has 0 saturated heterocycles. The standard InChI is InChI=1S/C8H8FNO2/c1-6(11)10(9)7-3-2-4-8(12)5-7/h2-5,12H,1H3. The van der Waals surface area contributed by atoms with Crippen LogP contribution in [0.15, 0.2) is 24.3 Å². The Balaban J connectivity index is 2.95. The van der Waals surface area contributed by atoms with Crippen LogP contribution in [0.2, 0.25) is 0 Å². The molecule has 0 atom stereocenters. The number of nitrogens with zero attached hydrogens (tertiary/aromatic N) is 1.